The van der Waals surface area contributed by atoms with Gasteiger partial charge in [-0.1, -0.05) is 5.11 Å². The molecule has 3 rings (SSSR count). The number of nitrogen functional groups attached to an aromatic ring is 1. The Bertz CT molecular complexity index is 824. The molecule has 0 bridgehead atoms. The molecular weight excluding hydrogens is 296 g/mol. The lowest BCUT2D eigenvalue weighted by molar-refractivity contribution is -0.122. The highest BCUT2D eigenvalue weighted by Crippen LogP contribution is 2.38. The van der Waals surface area contributed by atoms with Gasteiger partial charge in [-0.15, -0.1) is 0 Å². The van der Waals surface area contributed by atoms with Gasteiger partial charge in [0.05, 0.1) is 19.0 Å². The number of hydrogen-bond acceptors (Lipinski definition) is 8. The Balaban J connectivity index is 2.07. The van der Waals surface area contributed by atoms with Crippen molar-refractivity contribution in [1.82, 2.24) is 19.5 Å². The maximum atomic E-state index is 11.7. The highest BCUT2D eigenvalue weighted by Gasteiger charge is 2.48. The van der Waals surface area contributed by atoms with Gasteiger partial charge in [0.1, 0.15) is 6.23 Å². The molecule has 1 aliphatic heterocycles. The fraction of sp³-hybridized carbons (Fsp3) is 0.500. The molecule has 0 unspecified atom stereocenters. The third-order valence-corrected chi connectivity index (χ3v) is 3.49. The molecule has 2 aromatic heterocycles. The van der Waals surface area contributed by atoms with E-state index in [1.54, 1.807) is 0 Å². The Morgan fingerprint density at radius 3 is 3.18 bits per heavy atom. The summed E-state index contributed by atoms with van der Waals surface area (Å²) in [7, 11) is 0. The number of nitrogens with zero attached hydrogens (tertiary/aromatic N) is 6. The maximum absolute atomic E-state index is 11.7. The summed E-state index contributed by atoms with van der Waals surface area (Å²) in [5.74, 6) is -0.0961. The third-order valence-electron chi connectivity index (χ3n) is 3.49. The quantitative estimate of drug-likeness (QED) is 0.317. The van der Waals surface area contributed by atoms with Crippen LogP contribution in [0.1, 0.15) is 12.6 Å². The van der Waals surface area contributed by atoms with E-state index < -0.39 is 30.2 Å². The van der Waals surface area contributed by atoms with Gasteiger partial charge in [0.25, 0.3) is 5.56 Å². The first-order chi connectivity index (χ1) is 10.5. The summed E-state index contributed by atoms with van der Waals surface area (Å²) in [6.45, 7) is -0.697. The molecule has 0 radical (unpaired) electrons. The summed E-state index contributed by atoms with van der Waals surface area (Å²) in [6, 6.07) is 0. The third kappa shape index (κ3) is 1.98. The van der Waals surface area contributed by atoms with Gasteiger partial charge in [-0.2, -0.15) is 4.98 Å². The summed E-state index contributed by atoms with van der Waals surface area (Å²) in [6.07, 6.45) is -0.742. The van der Waals surface area contributed by atoms with E-state index in [0.29, 0.717) is 0 Å². The van der Waals surface area contributed by atoms with Crippen LogP contribution in [0.3, 0.4) is 0 Å². The van der Waals surface area contributed by atoms with Crippen molar-refractivity contribution in [2.24, 2.45) is 5.11 Å². The van der Waals surface area contributed by atoms with Crippen LogP contribution in [-0.2, 0) is 4.74 Å². The number of azide groups is 1. The number of H-pyrrole nitrogens is 1. The van der Waals surface area contributed by atoms with E-state index in [0.717, 1.165) is 0 Å². The minimum absolute atomic E-state index is 0.0133. The predicted molar refractivity (Wildman–Crippen MR) is 72.3 cm³/mol. The van der Waals surface area contributed by atoms with Gasteiger partial charge in [-0.3, -0.25) is 14.3 Å². The van der Waals surface area contributed by atoms with Gasteiger partial charge in [0.2, 0.25) is 5.95 Å². The van der Waals surface area contributed by atoms with E-state index >= 15 is 0 Å². The largest absolute Gasteiger partial charge is 0.393 e. The summed E-state index contributed by atoms with van der Waals surface area (Å²) < 4.78 is 6.88. The summed E-state index contributed by atoms with van der Waals surface area (Å²) in [5.41, 5.74) is 12.0. The summed E-state index contributed by atoms with van der Waals surface area (Å²) in [4.78, 5) is 24.5. The van der Waals surface area contributed by atoms with Crippen LogP contribution in [0, 0.1) is 0 Å². The van der Waals surface area contributed by atoms with Gasteiger partial charge >= 0.3 is 0 Å². The molecule has 3 heterocycles. The molecule has 3 atom stereocenters. The fourth-order valence-electron chi connectivity index (χ4n) is 2.40. The Morgan fingerprint density at radius 2 is 2.50 bits per heavy atom. The number of anilines is 1. The number of aromatic amines is 1. The zero-order valence-electron chi connectivity index (χ0n) is 11.1. The molecule has 0 saturated carbocycles. The lowest BCUT2D eigenvalue weighted by Crippen LogP contribution is -2.40. The average Bonchev–Trinajstić information content (AvgIpc) is 3.02. The molecule has 2 aromatic rings. The number of ether oxygens (including phenoxy) is 1. The van der Waals surface area contributed by atoms with Crippen LogP contribution in [0.25, 0.3) is 21.6 Å². The molecule has 0 aromatic carbocycles. The fourth-order valence-corrected chi connectivity index (χ4v) is 2.40. The Morgan fingerprint density at radius 1 is 1.73 bits per heavy atom. The first kappa shape index (κ1) is 14.3. The standard InChI is InChI=1S/C10H12N8O4/c11-9-14-7-6(8(21)15-9)13-3-18(7)5-1-4(20)10(2-19,22-5)16-17-12/h3-5,19-20H,1-2H2,(H3,11,14,15,21)/t4-,5+,10+/m0/s1. The van der Waals surface area contributed by atoms with Crippen LogP contribution in [0.4, 0.5) is 5.95 Å². The van der Waals surface area contributed by atoms with Crippen LogP contribution >= 0.6 is 0 Å². The zero-order chi connectivity index (χ0) is 15.9. The maximum Gasteiger partial charge on any atom is 0.280 e. The van der Waals surface area contributed by atoms with Crippen molar-refractivity contribution in [2.75, 3.05) is 12.3 Å². The first-order valence-corrected chi connectivity index (χ1v) is 6.26. The van der Waals surface area contributed by atoms with Crippen molar-refractivity contribution in [3.63, 3.8) is 0 Å². The van der Waals surface area contributed by atoms with E-state index in [2.05, 4.69) is 25.0 Å². The number of aromatic nitrogens is 4. The van der Waals surface area contributed by atoms with Crippen LogP contribution in [0.15, 0.2) is 16.2 Å². The van der Waals surface area contributed by atoms with Crippen molar-refractivity contribution in [1.29, 1.82) is 0 Å². The van der Waals surface area contributed by atoms with Gasteiger partial charge in [0.15, 0.2) is 16.9 Å². The normalized spacial score (nSPS) is 27.9. The van der Waals surface area contributed by atoms with Crippen molar-refractivity contribution >= 4 is 17.1 Å². The van der Waals surface area contributed by atoms with E-state index in [1.165, 1.54) is 10.9 Å². The van der Waals surface area contributed by atoms with Crippen LogP contribution in [-0.4, -0.2) is 48.2 Å². The molecule has 116 valence electrons. The minimum Gasteiger partial charge on any atom is -0.393 e. The van der Waals surface area contributed by atoms with E-state index in [1.807, 2.05) is 0 Å². The summed E-state index contributed by atoms with van der Waals surface area (Å²) >= 11 is 0. The molecule has 12 heteroatoms. The Labute approximate surface area is 121 Å². The molecule has 12 nitrogen and oxygen atoms in total. The van der Waals surface area contributed by atoms with Crippen molar-refractivity contribution in [3.8, 4) is 0 Å². The van der Waals surface area contributed by atoms with Crippen molar-refractivity contribution in [2.45, 2.75) is 24.5 Å². The number of nitrogens with one attached hydrogen (secondary N) is 1. The number of aliphatic hydroxyl groups is 2. The van der Waals surface area contributed by atoms with E-state index in [4.69, 9.17) is 16.0 Å². The number of nitrogens with two attached hydrogens (primary N) is 1. The number of hydrogen-bond donors (Lipinski definition) is 4. The molecule has 22 heavy (non-hydrogen) atoms. The second kappa shape index (κ2) is 4.96. The van der Waals surface area contributed by atoms with Gasteiger partial charge in [0, 0.05) is 11.3 Å². The van der Waals surface area contributed by atoms with Crippen LogP contribution in [0.2, 0.25) is 0 Å². The summed E-state index contributed by atoms with van der Waals surface area (Å²) in [5, 5.41) is 22.7. The average molecular weight is 308 g/mol. The second-order valence-electron chi connectivity index (χ2n) is 4.79. The van der Waals surface area contributed by atoms with E-state index in [-0.39, 0.29) is 23.5 Å². The first-order valence-electron chi connectivity index (χ1n) is 6.26. The highest BCUT2D eigenvalue weighted by molar-refractivity contribution is 5.70. The molecule has 0 spiro atoms. The molecule has 0 amide bonds. The molecule has 0 aliphatic carbocycles. The molecule has 1 aliphatic rings. The second-order valence-corrected chi connectivity index (χ2v) is 4.79. The van der Waals surface area contributed by atoms with Crippen LogP contribution in [0.5, 0.6) is 0 Å². The Kier molecular flexibility index (Phi) is 3.22. The topological polar surface area (TPSA) is 188 Å². The molecule has 1 fully saturated rings. The monoisotopic (exact) mass is 308 g/mol. The predicted octanol–water partition coefficient (Wildman–Crippen LogP) is -1.02. The number of aliphatic hydroxyl groups excluding tert-OH is 2. The SMILES string of the molecule is [N-]=[N+]=N[C@]1(CO)O[C@@H](n2cnc3c(=O)[nH]c(N)nc32)C[C@@H]1O. The lowest BCUT2D eigenvalue weighted by atomic mass is 10.1. The van der Waals surface area contributed by atoms with E-state index in [9.17, 15) is 15.0 Å². The molecule has 1 saturated heterocycles. The lowest BCUT2D eigenvalue weighted by Gasteiger charge is -2.24. The van der Waals surface area contributed by atoms with Gasteiger partial charge in [-0.05, 0) is 5.53 Å². The molecule has 5 N–H and O–H groups in total. The van der Waals surface area contributed by atoms with Crippen LogP contribution < -0.4 is 11.3 Å². The van der Waals surface area contributed by atoms with Gasteiger partial charge < -0.3 is 20.7 Å². The molecular formula is C10H12N8O4. The number of rotatable bonds is 3. The smallest absolute Gasteiger partial charge is 0.280 e. The number of imidazole rings is 1. The van der Waals surface area contributed by atoms with Gasteiger partial charge in [-0.25, -0.2) is 4.98 Å². The minimum atomic E-state index is -1.79. The highest BCUT2D eigenvalue weighted by atomic mass is 16.6. The van der Waals surface area contributed by atoms with Crippen molar-refractivity contribution in [3.05, 3.63) is 27.1 Å². The zero-order valence-corrected chi connectivity index (χ0v) is 11.1. The van der Waals surface area contributed by atoms with Crippen molar-refractivity contribution < 1.29 is 14.9 Å². The number of fused-ring (bicyclic) bond motifs is 1. The Hall–Kier alpha value is -2.66.